The quantitative estimate of drug-likeness (QED) is 0.700. The van der Waals surface area contributed by atoms with Crippen LogP contribution in [0.5, 0.6) is 5.75 Å². The monoisotopic (exact) mass is 213 g/mol. The second-order valence-electron chi connectivity index (χ2n) is 3.18. The van der Waals surface area contributed by atoms with E-state index in [2.05, 4.69) is 18.8 Å². The van der Waals surface area contributed by atoms with E-state index in [1.165, 1.54) is 0 Å². The summed E-state index contributed by atoms with van der Waals surface area (Å²) in [5.74, 6) is 1.28. The molecule has 0 saturated heterocycles. The molecule has 3 heteroatoms. The third-order valence-electron chi connectivity index (χ3n) is 2.15. The molecule has 2 nitrogen and oxygen atoms in total. The van der Waals surface area contributed by atoms with Crippen molar-refractivity contribution in [3.8, 4) is 5.75 Å². The molecule has 0 N–H and O–H groups in total. The van der Waals surface area contributed by atoms with Crippen LogP contribution in [-0.4, -0.2) is 11.1 Å². The maximum atomic E-state index is 5.71. The van der Waals surface area contributed by atoms with Gasteiger partial charge in [0.05, 0.1) is 23.9 Å². The molecule has 1 rings (SSSR count). The zero-order valence-corrected chi connectivity index (χ0v) is 9.42. The van der Waals surface area contributed by atoms with Gasteiger partial charge in [0.25, 0.3) is 0 Å². The first-order valence-corrected chi connectivity index (χ1v) is 5.51. The Labute approximate surface area is 90.3 Å². The molecule has 0 fully saturated rings. The summed E-state index contributed by atoms with van der Waals surface area (Å²) >= 11 is 5.64. The summed E-state index contributed by atoms with van der Waals surface area (Å²) in [5, 5.41) is 0. The lowest BCUT2D eigenvalue weighted by Gasteiger charge is -2.15. The molecule has 78 valence electrons. The van der Waals surface area contributed by atoms with E-state index < -0.39 is 0 Å². The molecule has 0 spiro atoms. The summed E-state index contributed by atoms with van der Waals surface area (Å²) in [6.45, 7) is 4.24. The standard InChI is InChI=1S/C11H16ClNO/c1-3-10(4-2)14-11-6-5-9(7-12)13-8-11/h5-6,8,10H,3-4,7H2,1-2H3. The maximum Gasteiger partial charge on any atom is 0.138 e. The van der Waals surface area contributed by atoms with E-state index in [0.717, 1.165) is 24.3 Å². The molecule has 0 aliphatic heterocycles. The third-order valence-corrected chi connectivity index (χ3v) is 2.42. The molecule has 0 aliphatic rings. The van der Waals surface area contributed by atoms with Crippen LogP contribution in [0, 0.1) is 0 Å². The zero-order chi connectivity index (χ0) is 10.4. The number of halogens is 1. The van der Waals surface area contributed by atoms with Crippen molar-refractivity contribution in [3.05, 3.63) is 24.0 Å². The molecule has 0 unspecified atom stereocenters. The molecule has 0 saturated carbocycles. The zero-order valence-electron chi connectivity index (χ0n) is 8.66. The first kappa shape index (κ1) is 11.3. The Kier molecular flexibility index (Phi) is 4.74. The fourth-order valence-electron chi connectivity index (χ4n) is 1.21. The molecule has 1 aromatic rings. The number of rotatable bonds is 5. The van der Waals surface area contributed by atoms with Crippen molar-refractivity contribution in [3.63, 3.8) is 0 Å². The SMILES string of the molecule is CCC(CC)Oc1ccc(CCl)nc1. The number of aromatic nitrogens is 1. The van der Waals surface area contributed by atoms with Gasteiger partial charge in [-0.2, -0.15) is 0 Å². The van der Waals surface area contributed by atoms with Gasteiger partial charge in [-0.15, -0.1) is 11.6 Å². The fraction of sp³-hybridized carbons (Fsp3) is 0.545. The van der Waals surface area contributed by atoms with E-state index in [9.17, 15) is 0 Å². The van der Waals surface area contributed by atoms with E-state index in [4.69, 9.17) is 16.3 Å². The lowest BCUT2D eigenvalue weighted by Crippen LogP contribution is -2.13. The molecule has 0 aliphatic carbocycles. The average molecular weight is 214 g/mol. The predicted octanol–water partition coefficient (Wildman–Crippen LogP) is 3.39. The minimum absolute atomic E-state index is 0.290. The van der Waals surface area contributed by atoms with Crippen LogP contribution >= 0.6 is 11.6 Å². The Morgan fingerprint density at radius 3 is 2.50 bits per heavy atom. The van der Waals surface area contributed by atoms with E-state index >= 15 is 0 Å². The Hall–Kier alpha value is -0.760. The highest BCUT2D eigenvalue weighted by Crippen LogP contribution is 2.14. The minimum Gasteiger partial charge on any atom is -0.489 e. The van der Waals surface area contributed by atoms with Gasteiger partial charge in [-0.3, -0.25) is 4.98 Å². The lowest BCUT2D eigenvalue weighted by molar-refractivity contribution is 0.192. The van der Waals surface area contributed by atoms with Gasteiger partial charge in [-0.05, 0) is 25.0 Å². The number of nitrogens with zero attached hydrogens (tertiary/aromatic N) is 1. The van der Waals surface area contributed by atoms with Crippen molar-refractivity contribution >= 4 is 11.6 Å². The first-order valence-electron chi connectivity index (χ1n) is 4.97. The molecule has 1 aromatic heterocycles. The second kappa shape index (κ2) is 5.86. The highest BCUT2D eigenvalue weighted by Gasteiger charge is 2.04. The van der Waals surface area contributed by atoms with Gasteiger partial charge in [-0.25, -0.2) is 0 Å². The molecule has 0 amide bonds. The summed E-state index contributed by atoms with van der Waals surface area (Å²) in [4.78, 5) is 4.16. The summed E-state index contributed by atoms with van der Waals surface area (Å²) < 4.78 is 5.71. The number of ether oxygens (including phenoxy) is 1. The Morgan fingerprint density at radius 2 is 2.07 bits per heavy atom. The van der Waals surface area contributed by atoms with Gasteiger partial charge >= 0.3 is 0 Å². The number of hydrogen-bond acceptors (Lipinski definition) is 2. The summed E-state index contributed by atoms with van der Waals surface area (Å²) in [7, 11) is 0. The second-order valence-corrected chi connectivity index (χ2v) is 3.44. The van der Waals surface area contributed by atoms with Crippen LogP contribution in [0.25, 0.3) is 0 Å². The van der Waals surface area contributed by atoms with Crippen molar-refractivity contribution in [1.29, 1.82) is 0 Å². The molecular weight excluding hydrogens is 198 g/mol. The molecule has 14 heavy (non-hydrogen) atoms. The van der Waals surface area contributed by atoms with E-state index in [1.807, 2.05) is 12.1 Å². The van der Waals surface area contributed by atoms with E-state index in [0.29, 0.717) is 12.0 Å². The first-order chi connectivity index (χ1) is 6.80. The highest BCUT2D eigenvalue weighted by molar-refractivity contribution is 6.16. The number of alkyl halides is 1. The van der Waals surface area contributed by atoms with Crippen LogP contribution in [0.15, 0.2) is 18.3 Å². The fourth-order valence-corrected chi connectivity index (χ4v) is 1.37. The van der Waals surface area contributed by atoms with Gasteiger partial charge < -0.3 is 4.74 Å². The minimum atomic E-state index is 0.290. The Morgan fingerprint density at radius 1 is 1.36 bits per heavy atom. The summed E-state index contributed by atoms with van der Waals surface area (Å²) in [6.07, 6.45) is 4.07. The summed E-state index contributed by atoms with van der Waals surface area (Å²) in [5.41, 5.74) is 0.878. The predicted molar refractivity (Wildman–Crippen MR) is 58.8 cm³/mol. The van der Waals surface area contributed by atoms with Crippen LogP contribution in [0.1, 0.15) is 32.4 Å². The van der Waals surface area contributed by atoms with Crippen LogP contribution < -0.4 is 4.74 Å². The van der Waals surface area contributed by atoms with Crippen molar-refractivity contribution in [2.75, 3.05) is 0 Å². The summed E-state index contributed by atoms with van der Waals surface area (Å²) in [6, 6.07) is 3.81. The largest absolute Gasteiger partial charge is 0.489 e. The maximum absolute atomic E-state index is 5.71. The van der Waals surface area contributed by atoms with Crippen molar-refractivity contribution in [2.24, 2.45) is 0 Å². The molecule has 0 atom stereocenters. The molecule has 0 bridgehead atoms. The van der Waals surface area contributed by atoms with Gasteiger partial charge in [0, 0.05) is 0 Å². The number of pyridine rings is 1. The molecular formula is C11H16ClNO. The average Bonchev–Trinajstić information content (AvgIpc) is 2.26. The van der Waals surface area contributed by atoms with Gasteiger partial charge in [-0.1, -0.05) is 13.8 Å². The van der Waals surface area contributed by atoms with Crippen molar-refractivity contribution in [1.82, 2.24) is 4.98 Å². The van der Waals surface area contributed by atoms with Crippen molar-refractivity contribution in [2.45, 2.75) is 38.7 Å². The van der Waals surface area contributed by atoms with Gasteiger partial charge in [0.2, 0.25) is 0 Å². The van der Waals surface area contributed by atoms with Crippen LogP contribution in [0.2, 0.25) is 0 Å². The molecule has 0 radical (unpaired) electrons. The van der Waals surface area contributed by atoms with Crippen molar-refractivity contribution < 1.29 is 4.74 Å². The highest BCUT2D eigenvalue weighted by atomic mass is 35.5. The van der Waals surface area contributed by atoms with E-state index in [-0.39, 0.29) is 0 Å². The lowest BCUT2D eigenvalue weighted by atomic mass is 10.2. The van der Waals surface area contributed by atoms with Gasteiger partial charge in [0.1, 0.15) is 5.75 Å². The van der Waals surface area contributed by atoms with Gasteiger partial charge in [0.15, 0.2) is 0 Å². The smallest absolute Gasteiger partial charge is 0.138 e. The van der Waals surface area contributed by atoms with Crippen LogP contribution in [0.3, 0.4) is 0 Å². The Bertz CT molecular complexity index is 256. The van der Waals surface area contributed by atoms with E-state index in [1.54, 1.807) is 6.20 Å². The number of hydrogen-bond donors (Lipinski definition) is 0. The van der Waals surface area contributed by atoms with Crippen LogP contribution in [0.4, 0.5) is 0 Å². The normalized spacial score (nSPS) is 10.6. The Balaban J connectivity index is 2.58. The molecule has 1 heterocycles. The molecule has 0 aromatic carbocycles. The topological polar surface area (TPSA) is 22.1 Å². The third kappa shape index (κ3) is 3.18. The van der Waals surface area contributed by atoms with Crippen LogP contribution in [-0.2, 0) is 5.88 Å².